The third-order valence-corrected chi connectivity index (χ3v) is 4.64. The second-order valence-electron chi connectivity index (χ2n) is 6.65. The molecule has 1 heterocycles. The predicted molar refractivity (Wildman–Crippen MR) is 103 cm³/mol. The molecule has 0 aliphatic carbocycles. The van der Waals surface area contributed by atoms with Crippen LogP contribution in [0.3, 0.4) is 0 Å². The summed E-state index contributed by atoms with van der Waals surface area (Å²) in [5.74, 6) is 1.23. The Morgan fingerprint density at radius 1 is 1.04 bits per heavy atom. The minimum absolute atomic E-state index is 0.164. The number of benzene rings is 2. The van der Waals surface area contributed by atoms with E-state index in [1.807, 2.05) is 18.2 Å². The van der Waals surface area contributed by atoms with Gasteiger partial charge >= 0.3 is 0 Å². The Bertz CT molecular complexity index is 808. The maximum atomic E-state index is 9.44. The first-order valence-corrected chi connectivity index (χ1v) is 9.17. The van der Waals surface area contributed by atoms with Crippen molar-refractivity contribution in [2.24, 2.45) is 5.73 Å². The molecule has 25 heavy (non-hydrogen) atoms. The van der Waals surface area contributed by atoms with Crippen LogP contribution in [0.15, 0.2) is 48.5 Å². The van der Waals surface area contributed by atoms with E-state index in [0.717, 1.165) is 35.4 Å². The van der Waals surface area contributed by atoms with Crippen molar-refractivity contribution in [1.82, 2.24) is 9.55 Å². The van der Waals surface area contributed by atoms with Crippen LogP contribution in [0.25, 0.3) is 11.0 Å². The predicted octanol–water partition coefficient (Wildman–Crippen LogP) is 4.56. The SMILES string of the molecule is CCCCCCn1c(C(N)Cc2ccc(O)cc2)nc2ccccc21. The van der Waals surface area contributed by atoms with Gasteiger partial charge in [0.2, 0.25) is 0 Å². The molecular formula is C21H27N3O. The number of phenolic OH excluding ortho intramolecular Hbond substituents is 1. The number of para-hydroxylation sites is 2. The van der Waals surface area contributed by atoms with Gasteiger partial charge in [0.15, 0.2) is 0 Å². The first-order chi connectivity index (χ1) is 12.2. The van der Waals surface area contributed by atoms with Gasteiger partial charge in [-0.3, -0.25) is 0 Å². The molecule has 3 rings (SSSR count). The van der Waals surface area contributed by atoms with E-state index < -0.39 is 0 Å². The molecule has 0 spiro atoms. The van der Waals surface area contributed by atoms with Crippen molar-refractivity contribution in [3.8, 4) is 5.75 Å². The summed E-state index contributed by atoms with van der Waals surface area (Å²) < 4.78 is 2.29. The first-order valence-electron chi connectivity index (χ1n) is 9.17. The van der Waals surface area contributed by atoms with E-state index >= 15 is 0 Å². The molecular weight excluding hydrogens is 310 g/mol. The highest BCUT2D eigenvalue weighted by Gasteiger charge is 2.17. The molecule has 3 N–H and O–H groups in total. The van der Waals surface area contributed by atoms with Crippen LogP contribution in [-0.2, 0) is 13.0 Å². The van der Waals surface area contributed by atoms with E-state index in [4.69, 9.17) is 10.7 Å². The Kier molecular flexibility index (Phi) is 5.71. The van der Waals surface area contributed by atoms with Gasteiger partial charge in [0.05, 0.1) is 17.1 Å². The number of aromatic hydroxyl groups is 1. The number of aromatic nitrogens is 2. The zero-order valence-electron chi connectivity index (χ0n) is 14.9. The number of aryl methyl sites for hydroxylation is 1. The minimum Gasteiger partial charge on any atom is -0.508 e. The van der Waals surface area contributed by atoms with Gasteiger partial charge in [-0.25, -0.2) is 4.98 Å². The lowest BCUT2D eigenvalue weighted by molar-refractivity contribution is 0.475. The maximum absolute atomic E-state index is 9.44. The summed E-state index contributed by atoms with van der Waals surface area (Å²) in [6, 6.07) is 15.3. The summed E-state index contributed by atoms with van der Waals surface area (Å²) >= 11 is 0. The molecule has 1 atom stereocenters. The summed E-state index contributed by atoms with van der Waals surface area (Å²) in [5.41, 5.74) is 9.79. The normalized spacial score (nSPS) is 12.6. The topological polar surface area (TPSA) is 64.1 Å². The summed E-state index contributed by atoms with van der Waals surface area (Å²) in [6.07, 6.45) is 5.58. The van der Waals surface area contributed by atoms with Gasteiger partial charge in [0.25, 0.3) is 0 Å². The first kappa shape index (κ1) is 17.5. The average molecular weight is 337 g/mol. The van der Waals surface area contributed by atoms with Gasteiger partial charge in [0, 0.05) is 6.54 Å². The fourth-order valence-electron chi connectivity index (χ4n) is 3.29. The van der Waals surface area contributed by atoms with Crippen LogP contribution >= 0.6 is 0 Å². The number of nitrogens with zero attached hydrogens (tertiary/aromatic N) is 2. The molecule has 0 amide bonds. The molecule has 0 saturated carbocycles. The van der Waals surface area contributed by atoms with Gasteiger partial charge in [-0.2, -0.15) is 0 Å². The van der Waals surface area contributed by atoms with E-state index in [1.165, 1.54) is 19.3 Å². The molecule has 0 fully saturated rings. The fraction of sp³-hybridized carbons (Fsp3) is 0.381. The smallest absolute Gasteiger partial charge is 0.127 e. The number of hydrogen-bond acceptors (Lipinski definition) is 3. The Morgan fingerprint density at radius 2 is 1.80 bits per heavy atom. The van der Waals surface area contributed by atoms with E-state index in [2.05, 4.69) is 29.7 Å². The van der Waals surface area contributed by atoms with Crippen molar-refractivity contribution in [1.29, 1.82) is 0 Å². The molecule has 2 aromatic carbocycles. The van der Waals surface area contributed by atoms with E-state index in [1.54, 1.807) is 12.1 Å². The summed E-state index contributed by atoms with van der Waals surface area (Å²) in [4.78, 5) is 4.81. The van der Waals surface area contributed by atoms with Crippen LogP contribution in [-0.4, -0.2) is 14.7 Å². The van der Waals surface area contributed by atoms with Crippen LogP contribution < -0.4 is 5.73 Å². The monoisotopic (exact) mass is 337 g/mol. The van der Waals surface area contributed by atoms with Gasteiger partial charge in [-0.15, -0.1) is 0 Å². The van der Waals surface area contributed by atoms with Gasteiger partial charge in [-0.1, -0.05) is 50.5 Å². The highest BCUT2D eigenvalue weighted by atomic mass is 16.3. The molecule has 0 saturated heterocycles. The zero-order chi connectivity index (χ0) is 17.6. The minimum atomic E-state index is -0.164. The van der Waals surface area contributed by atoms with Gasteiger partial charge < -0.3 is 15.4 Å². The lowest BCUT2D eigenvalue weighted by Gasteiger charge is -2.15. The molecule has 3 aromatic rings. The number of rotatable bonds is 8. The zero-order valence-corrected chi connectivity index (χ0v) is 14.9. The van der Waals surface area contributed by atoms with Crippen LogP contribution in [0.5, 0.6) is 5.75 Å². The Hall–Kier alpha value is -2.33. The molecule has 1 unspecified atom stereocenters. The van der Waals surface area contributed by atoms with E-state index in [0.29, 0.717) is 6.42 Å². The maximum Gasteiger partial charge on any atom is 0.127 e. The number of fused-ring (bicyclic) bond motifs is 1. The number of imidazole rings is 1. The van der Waals surface area contributed by atoms with Crippen LogP contribution in [0.4, 0.5) is 0 Å². The van der Waals surface area contributed by atoms with Crippen molar-refractivity contribution in [2.45, 2.75) is 51.6 Å². The summed E-state index contributed by atoms with van der Waals surface area (Å²) in [5, 5.41) is 9.44. The molecule has 4 heteroatoms. The molecule has 0 aliphatic rings. The van der Waals surface area contributed by atoms with Gasteiger partial charge in [0.1, 0.15) is 11.6 Å². The Morgan fingerprint density at radius 3 is 2.56 bits per heavy atom. The van der Waals surface area contributed by atoms with Gasteiger partial charge in [-0.05, 0) is 42.7 Å². The molecule has 1 aromatic heterocycles. The molecule has 0 bridgehead atoms. The van der Waals surface area contributed by atoms with Crippen LogP contribution in [0, 0.1) is 0 Å². The third-order valence-electron chi connectivity index (χ3n) is 4.64. The van der Waals surface area contributed by atoms with Crippen LogP contribution in [0.1, 0.15) is 50.0 Å². The average Bonchev–Trinajstić information content (AvgIpc) is 3.00. The quantitative estimate of drug-likeness (QED) is 0.592. The number of hydrogen-bond donors (Lipinski definition) is 2. The number of unbranched alkanes of at least 4 members (excludes halogenated alkanes) is 3. The van der Waals surface area contributed by atoms with Crippen molar-refractivity contribution in [3.63, 3.8) is 0 Å². The second kappa shape index (κ2) is 8.17. The highest BCUT2D eigenvalue weighted by Crippen LogP contribution is 2.23. The Balaban J connectivity index is 1.84. The molecule has 0 radical (unpaired) electrons. The molecule has 132 valence electrons. The molecule has 0 aliphatic heterocycles. The fourth-order valence-corrected chi connectivity index (χ4v) is 3.29. The number of phenols is 1. The van der Waals surface area contributed by atoms with Crippen molar-refractivity contribution in [3.05, 3.63) is 59.9 Å². The largest absolute Gasteiger partial charge is 0.508 e. The van der Waals surface area contributed by atoms with Crippen molar-refractivity contribution in [2.75, 3.05) is 0 Å². The highest BCUT2D eigenvalue weighted by molar-refractivity contribution is 5.76. The van der Waals surface area contributed by atoms with Crippen molar-refractivity contribution >= 4 is 11.0 Å². The lowest BCUT2D eigenvalue weighted by atomic mass is 10.1. The summed E-state index contributed by atoms with van der Waals surface area (Å²) in [7, 11) is 0. The number of nitrogens with two attached hydrogens (primary N) is 1. The second-order valence-corrected chi connectivity index (χ2v) is 6.65. The molecule has 4 nitrogen and oxygen atoms in total. The van der Waals surface area contributed by atoms with E-state index in [9.17, 15) is 5.11 Å². The van der Waals surface area contributed by atoms with Crippen molar-refractivity contribution < 1.29 is 5.11 Å². The summed E-state index contributed by atoms with van der Waals surface area (Å²) in [6.45, 7) is 3.19. The Labute approximate surface area is 149 Å². The lowest BCUT2D eigenvalue weighted by Crippen LogP contribution is -2.19. The van der Waals surface area contributed by atoms with E-state index in [-0.39, 0.29) is 11.8 Å². The standard InChI is InChI=1S/C21H27N3O/c1-2-3-4-7-14-24-20-9-6-5-8-19(20)23-21(24)18(22)15-16-10-12-17(25)13-11-16/h5-6,8-13,18,25H,2-4,7,14-15,22H2,1H3. The third kappa shape index (κ3) is 4.20. The van der Waals surface area contributed by atoms with Crippen LogP contribution in [0.2, 0.25) is 0 Å².